The Morgan fingerprint density at radius 1 is 0.857 bits per heavy atom. The molecular weight excluding hydrogens is 168 g/mol. The molecule has 0 saturated heterocycles. The van der Waals surface area contributed by atoms with Crippen molar-refractivity contribution in [2.75, 3.05) is 0 Å². The lowest BCUT2D eigenvalue weighted by Gasteiger charge is -2.05. The largest absolute Gasteiger partial charge is 0.0613 e. The van der Waals surface area contributed by atoms with Crippen LogP contribution in [0.1, 0.15) is 23.6 Å². The molecule has 0 bridgehead atoms. The van der Waals surface area contributed by atoms with E-state index in [1.54, 1.807) is 0 Å². The molecule has 0 aliphatic rings. The smallest absolute Gasteiger partial charge is 0.0178 e. The highest BCUT2D eigenvalue weighted by molar-refractivity contribution is 5.84. The highest BCUT2D eigenvalue weighted by Gasteiger charge is 1.98. The van der Waals surface area contributed by atoms with Gasteiger partial charge in [-0.3, -0.25) is 0 Å². The molecule has 0 aliphatic heterocycles. The van der Waals surface area contributed by atoms with Gasteiger partial charge >= 0.3 is 0 Å². The van der Waals surface area contributed by atoms with Gasteiger partial charge in [0.25, 0.3) is 0 Å². The van der Waals surface area contributed by atoms with Crippen LogP contribution in [0.25, 0.3) is 10.8 Å². The summed E-state index contributed by atoms with van der Waals surface area (Å²) in [5.41, 5.74) is 4.17. The molecule has 14 heavy (non-hydrogen) atoms. The molecule has 2 aromatic carbocycles. The monoisotopic (exact) mass is 184 g/mol. The average molecular weight is 184 g/mol. The summed E-state index contributed by atoms with van der Waals surface area (Å²) in [5, 5.41) is 2.72. The van der Waals surface area contributed by atoms with Crippen LogP contribution in [0, 0.1) is 13.8 Å². The SMILES string of the molecule is CCc1ccc2cc(C)c(C)cc2c1. The fourth-order valence-electron chi connectivity index (χ4n) is 1.79. The zero-order valence-corrected chi connectivity index (χ0v) is 9.09. The Morgan fingerprint density at radius 2 is 1.50 bits per heavy atom. The van der Waals surface area contributed by atoms with Crippen LogP contribution in [-0.4, -0.2) is 0 Å². The molecule has 2 rings (SSSR count). The Bertz CT molecular complexity index is 467. The lowest BCUT2D eigenvalue weighted by atomic mass is 10.0. The summed E-state index contributed by atoms with van der Waals surface area (Å²) in [6.45, 7) is 6.54. The van der Waals surface area contributed by atoms with E-state index in [1.165, 1.54) is 27.5 Å². The van der Waals surface area contributed by atoms with E-state index in [2.05, 4.69) is 51.1 Å². The van der Waals surface area contributed by atoms with Crippen molar-refractivity contribution in [3.8, 4) is 0 Å². The molecule has 0 atom stereocenters. The van der Waals surface area contributed by atoms with Crippen LogP contribution >= 0.6 is 0 Å². The molecule has 0 saturated carbocycles. The Kier molecular flexibility index (Phi) is 2.28. The van der Waals surface area contributed by atoms with Crippen molar-refractivity contribution in [1.29, 1.82) is 0 Å². The topological polar surface area (TPSA) is 0 Å². The summed E-state index contributed by atoms with van der Waals surface area (Å²) in [6.07, 6.45) is 1.11. The first-order valence-electron chi connectivity index (χ1n) is 5.20. The van der Waals surface area contributed by atoms with Crippen molar-refractivity contribution in [2.24, 2.45) is 0 Å². The molecule has 0 heteroatoms. The number of aryl methyl sites for hydroxylation is 3. The highest BCUT2D eigenvalue weighted by atomic mass is 14.0. The first-order valence-corrected chi connectivity index (χ1v) is 5.20. The van der Waals surface area contributed by atoms with Crippen molar-refractivity contribution in [2.45, 2.75) is 27.2 Å². The third-order valence-electron chi connectivity index (χ3n) is 2.93. The predicted octanol–water partition coefficient (Wildman–Crippen LogP) is 4.02. The molecule has 0 amide bonds. The zero-order valence-electron chi connectivity index (χ0n) is 9.09. The summed E-state index contributed by atoms with van der Waals surface area (Å²) in [5.74, 6) is 0. The Hall–Kier alpha value is -1.30. The molecule has 0 aromatic heterocycles. The van der Waals surface area contributed by atoms with Gasteiger partial charge in [0.1, 0.15) is 0 Å². The predicted molar refractivity (Wildman–Crippen MR) is 62.8 cm³/mol. The molecule has 0 N–H and O–H groups in total. The van der Waals surface area contributed by atoms with Gasteiger partial charge in [0.05, 0.1) is 0 Å². The summed E-state index contributed by atoms with van der Waals surface area (Å²) < 4.78 is 0. The van der Waals surface area contributed by atoms with Crippen molar-refractivity contribution in [3.05, 3.63) is 47.0 Å². The number of rotatable bonds is 1. The van der Waals surface area contributed by atoms with Gasteiger partial charge < -0.3 is 0 Å². The van der Waals surface area contributed by atoms with Crippen LogP contribution in [0.15, 0.2) is 30.3 Å². The minimum absolute atomic E-state index is 1.11. The van der Waals surface area contributed by atoms with Crippen LogP contribution in [0.4, 0.5) is 0 Å². The first-order chi connectivity index (χ1) is 6.70. The van der Waals surface area contributed by atoms with Gasteiger partial charge in [-0.15, -0.1) is 0 Å². The van der Waals surface area contributed by atoms with E-state index in [0.717, 1.165) is 6.42 Å². The summed E-state index contributed by atoms with van der Waals surface area (Å²) in [7, 11) is 0. The summed E-state index contributed by atoms with van der Waals surface area (Å²) in [4.78, 5) is 0. The lowest BCUT2D eigenvalue weighted by Crippen LogP contribution is -1.84. The van der Waals surface area contributed by atoms with Gasteiger partial charge in [0.15, 0.2) is 0 Å². The maximum Gasteiger partial charge on any atom is -0.0178 e. The summed E-state index contributed by atoms with van der Waals surface area (Å²) in [6, 6.07) is 11.3. The van der Waals surface area contributed by atoms with Crippen LogP contribution in [0.2, 0.25) is 0 Å². The van der Waals surface area contributed by atoms with E-state index in [0.29, 0.717) is 0 Å². The quantitative estimate of drug-likeness (QED) is 0.628. The lowest BCUT2D eigenvalue weighted by molar-refractivity contribution is 1.15. The van der Waals surface area contributed by atoms with Gasteiger partial charge in [0, 0.05) is 0 Å². The molecule has 0 spiro atoms. The second-order valence-electron chi connectivity index (χ2n) is 3.97. The molecule has 0 fully saturated rings. The van der Waals surface area contributed by atoms with E-state index in [4.69, 9.17) is 0 Å². The van der Waals surface area contributed by atoms with Crippen LogP contribution in [0.5, 0.6) is 0 Å². The standard InChI is InChI=1S/C14H16/c1-4-12-5-6-13-7-10(2)11(3)8-14(13)9-12/h5-9H,4H2,1-3H3. The average Bonchev–Trinajstić information content (AvgIpc) is 2.19. The van der Waals surface area contributed by atoms with Gasteiger partial charge in [-0.2, -0.15) is 0 Å². The van der Waals surface area contributed by atoms with Gasteiger partial charge in [0.2, 0.25) is 0 Å². The Morgan fingerprint density at radius 3 is 2.14 bits per heavy atom. The van der Waals surface area contributed by atoms with Crippen molar-refractivity contribution < 1.29 is 0 Å². The maximum atomic E-state index is 2.29. The van der Waals surface area contributed by atoms with Crippen molar-refractivity contribution in [1.82, 2.24) is 0 Å². The van der Waals surface area contributed by atoms with Crippen LogP contribution in [0.3, 0.4) is 0 Å². The van der Waals surface area contributed by atoms with Gasteiger partial charge in [-0.1, -0.05) is 37.3 Å². The number of fused-ring (bicyclic) bond motifs is 1. The van der Waals surface area contributed by atoms with Crippen LogP contribution in [-0.2, 0) is 6.42 Å². The van der Waals surface area contributed by atoms with Crippen LogP contribution < -0.4 is 0 Å². The molecule has 0 nitrogen and oxygen atoms in total. The van der Waals surface area contributed by atoms with Crippen molar-refractivity contribution >= 4 is 10.8 Å². The number of hydrogen-bond acceptors (Lipinski definition) is 0. The van der Waals surface area contributed by atoms with Gasteiger partial charge in [-0.05, 0) is 47.7 Å². The third-order valence-corrected chi connectivity index (χ3v) is 2.93. The maximum absolute atomic E-state index is 2.29. The van der Waals surface area contributed by atoms with Gasteiger partial charge in [-0.25, -0.2) is 0 Å². The second kappa shape index (κ2) is 3.45. The van der Waals surface area contributed by atoms with E-state index in [9.17, 15) is 0 Å². The van der Waals surface area contributed by atoms with E-state index < -0.39 is 0 Å². The van der Waals surface area contributed by atoms with E-state index >= 15 is 0 Å². The molecule has 0 radical (unpaired) electrons. The fourth-order valence-corrected chi connectivity index (χ4v) is 1.79. The number of benzene rings is 2. The normalized spacial score (nSPS) is 10.8. The molecule has 72 valence electrons. The molecule has 2 aromatic rings. The minimum atomic E-state index is 1.11. The summed E-state index contributed by atoms with van der Waals surface area (Å²) >= 11 is 0. The third kappa shape index (κ3) is 1.52. The van der Waals surface area contributed by atoms with E-state index in [-0.39, 0.29) is 0 Å². The highest BCUT2D eigenvalue weighted by Crippen LogP contribution is 2.20. The molecule has 0 heterocycles. The number of hydrogen-bond donors (Lipinski definition) is 0. The van der Waals surface area contributed by atoms with E-state index in [1.807, 2.05) is 0 Å². The molecular formula is C14H16. The second-order valence-corrected chi connectivity index (χ2v) is 3.97. The Labute approximate surface area is 85.6 Å². The van der Waals surface area contributed by atoms with Crippen molar-refractivity contribution in [3.63, 3.8) is 0 Å². The molecule has 0 unspecified atom stereocenters. The molecule has 0 aliphatic carbocycles. The Balaban J connectivity index is 2.70. The zero-order chi connectivity index (χ0) is 10.1. The minimum Gasteiger partial charge on any atom is -0.0613 e. The fraction of sp³-hybridized carbons (Fsp3) is 0.286. The first kappa shape index (κ1) is 9.26.